The van der Waals surface area contributed by atoms with E-state index in [1.54, 1.807) is 29.2 Å². The number of hydrogen-bond acceptors (Lipinski definition) is 3. The number of imide groups is 1. The molecule has 6 heteroatoms. The Balaban J connectivity index is 1.56. The standard InChI is InChI=1S/C26H21ClN2O3/c1-26-22(16-7-3-2-4-8-16)20-15-32-21-10-6-5-9-19(21)23(20)29(26)25(31)28(24(26)30)18-13-11-17(27)12-14-18/h2-14,20,22-23H,15H2,1H3/t20-,22-,23+,26+/m1/s1. The van der Waals surface area contributed by atoms with E-state index in [-0.39, 0.29) is 29.8 Å². The summed E-state index contributed by atoms with van der Waals surface area (Å²) < 4.78 is 6.12. The van der Waals surface area contributed by atoms with Crippen molar-refractivity contribution in [3.05, 3.63) is 95.0 Å². The Morgan fingerprint density at radius 1 is 0.938 bits per heavy atom. The predicted molar refractivity (Wildman–Crippen MR) is 122 cm³/mol. The van der Waals surface area contributed by atoms with Gasteiger partial charge in [-0.05, 0) is 42.8 Å². The van der Waals surface area contributed by atoms with Gasteiger partial charge in [0.2, 0.25) is 0 Å². The Hall–Kier alpha value is -3.31. The molecular weight excluding hydrogens is 424 g/mol. The van der Waals surface area contributed by atoms with E-state index in [1.165, 1.54) is 4.90 Å². The Morgan fingerprint density at radius 2 is 1.62 bits per heavy atom. The summed E-state index contributed by atoms with van der Waals surface area (Å²) in [7, 11) is 0. The average Bonchev–Trinajstić information content (AvgIpc) is 3.20. The molecule has 0 aromatic heterocycles. The molecule has 0 spiro atoms. The van der Waals surface area contributed by atoms with Crippen LogP contribution in [-0.2, 0) is 4.79 Å². The second-order valence-corrected chi connectivity index (χ2v) is 9.20. The van der Waals surface area contributed by atoms with Gasteiger partial charge in [0.05, 0.1) is 18.3 Å². The van der Waals surface area contributed by atoms with Crippen LogP contribution >= 0.6 is 11.6 Å². The van der Waals surface area contributed by atoms with Crippen molar-refractivity contribution < 1.29 is 14.3 Å². The number of hydrogen-bond donors (Lipinski definition) is 0. The van der Waals surface area contributed by atoms with Gasteiger partial charge in [-0.2, -0.15) is 0 Å². The van der Waals surface area contributed by atoms with E-state index in [4.69, 9.17) is 16.3 Å². The molecule has 3 aromatic rings. The topological polar surface area (TPSA) is 49.9 Å². The SMILES string of the molecule is C[C@]12C(=O)N(c3ccc(Cl)cc3)C(=O)N1[C@H]1c3ccccc3OC[C@@H]1[C@H]2c1ccccc1. The number of urea groups is 1. The third kappa shape index (κ3) is 2.46. The van der Waals surface area contributed by atoms with Gasteiger partial charge in [-0.15, -0.1) is 0 Å². The number of carbonyl (C=O) groups excluding carboxylic acids is 2. The van der Waals surface area contributed by atoms with Crippen LogP contribution in [0.4, 0.5) is 10.5 Å². The number of benzene rings is 3. The number of carbonyl (C=O) groups is 2. The molecule has 2 fully saturated rings. The van der Waals surface area contributed by atoms with Gasteiger partial charge < -0.3 is 9.64 Å². The maximum Gasteiger partial charge on any atom is 0.332 e. The summed E-state index contributed by atoms with van der Waals surface area (Å²) in [6.45, 7) is 2.36. The Labute approximate surface area is 191 Å². The van der Waals surface area contributed by atoms with Crippen LogP contribution in [0.1, 0.15) is 30.0 Å². The second-order valence-electron chi connectivity index (χ2n) is 8.76. The van der Waals surface area contributed by atoms with Crippen LogP contribution in [-0.4, -0.2) is 29.0 Å². The number of rotatable bonds is 2. The normalized spacial score (nSPS) is 28.2. The van der Waals surface area contributed by atoms with Crippen molar-refractivity contribution in [2.75, 3.05) is 11.5 Å². The summed E-state index contributed by atoms with van der Waals surface area (Å²) in [5, 5.41) is 0.556. The zero-order valence-corrected chi connectivity index (χ0v) is 18.2. The van der Waals surface area contributed by atoms with Gasteiger partial charge in [0.1, 0.15) is 11.3 Å². The Bertz CT molecular complexity index is 1230. The minimum absolute atomic E-state index is 0.0300. The highest BCUT2D eigenvalue weighted by molar-refractivity contribution is 6.31. The predicted octanol–water partition coefficient (Wildman–Crippen LogP) is 5.41. The fourth-order valence-corrected chi connectivity index (χ4v) is 5.98. The van der Waals surface area contributed by atoms with E-state index < -0.39 is 5.54 Å². The number of para-hydroxylation sites is 1. The molecule has 3 aliphatic heterocycles. The molecule has 0 saturated carbocycles. The molecule has 6 rings (SSSR count). The smallest absolute Gasteiger partial charge is 0.332 e. The van der Waals surface area contributed by atoms with Crippen molar-refractivity contribution in [2.45, 2.75) is 24.4 Å². The highest BCUT2D eigenvalue weighted by Crippen LogP contribution is 2.61. The van der Waals surface area contributed by atoms with E-state index in [2.05, 4.69) is 0 Å². The van der Waals surface area contributed by atoms with Gasteiger partial charge in [0.15, 0.2) is 0 Å². The lowest BCUT2D eigenvalue weighted by Crippen LogP contribution is -2.46. The molecule has 3 aromatic carbocycles. The fraction of sp³-hybridized carbons (Fsp3) is 0.231. The number of nitrogens with zero attached hydrogens (tertiary/aromatic N) is 2. The van der Waals surface area contributed by atoms with Crippen LogP contribution in [0.25, 0.3) is 0 Å². The number of halogens is 1. The number of ether oxygens (including phenoxy) is 1. The van der Waals surface area contributed by atoms with Crippen molar-refractivity contribution in [1.29, 1.82) is 0 Å². The van der Waals surface area contributed by atoms with Crippen LogP contribution in [0.5, 0.6) is 5.75 Å². The molecule has 0 unspecified atom stereocenters. The summed E-state index contributed by atoms with van der Waals surface area (Å²) in [6.07, 6.45) is 0. The first-order chi connectivity index (χ1) is 15.5. The average molecular weight is 445 g/mol. The third-order valence-corrected chi connectivity index (χ3v) is 7.42. The number of amides is 3. The molecule has 160 valence electrons. The van der Waals surface area contributed by atoms with Crippen molar-refractivity contribution >= 4 is 29.2 Å². The van der Waals surface area contributed by atoms with E-state index in [0.29, 0.717) is 17.3 Å². The van der Waals surface area contributed by atoms with Gasteiger partial charge in [-0.25, -0.2) is 9.69 Å². The lowest BCUT2D eigenvalue weighted by Gasteiger charge is -2.34. The molecule has 5 nitrogen and oxygen atoms in total. The molecule has 32 heavy (non-hydrogen) atoms. The molecular formula is C26H21ClN2O3. The van der Waals surface area contributed by atoms with Gasteiger partial charge in [0, 0.05) is 22.4 Å². The molecule has 4 atom stereocenters. The monoisotopic (exact) mass is 444 g/mol. The molecule has 3 aliphatic rings. The third-order valence-electron chi connectivity index (χ3n) is 7.16. The summed E-state index contributed by atoms with van der Waals surface area (Å²) in [5.74, 6) is 0.328. The Kier molecular flexibility index (Phi) is 4.14. The molecule has 2 saturated heterocycles. The van der Waals surface area contributed by atoms with E-state index in [0.717, 1.165) is 16.9 Å². The number of fused-ring (bicyclic) bond motifs is 5. The van der Waals surface area contributed by atoms with Crippen LogP contribution in [0.2, 0.25) is 5.02 Å². The summed E-state index contributed by atoms with van der Waals surface area (Å²) in [5.41, 5.74) is 1.49. The van der Waals surface area contributed by atoms with Crippen LogP contribution in [0.3, 0.4) is 0 Å². The molecule has 0 bridgehead atoms. The quantitative estimate of drug-likeness (QED) is 0.496. The van der Waals surface area contributed by atoms with Crippen LogP contribution in [0.15, 0.2) is 78.9 Å². The zero-order valence-electron chi connectivity index (χ0n) is 17.4. The van der Waals surface area contributed by atoms with Gasteiger partial charge >= 0.3 is 6.03 Å². The lowest BCUT2D eigenvalue weighted by molar-refractivity contribution is -0.124. The first-order valence-corrected chi connectivity index (χ1v) is 11.1. The maximum atomic E-state index is 14.0. The first kappa shape index (κ1) is 19.4. The van der Waals surface area contributed by atoms with Crippen molar-refractivity contribution in [3.63, 3.8) is 0 Å². The highest BCUT2D eigenvalue weighted by Gasteiger charge is 2.70. The minimum Gasteiger partial charge on any atom is -0.493 e. The van der Waals surface area contributed by atoms with Crippen LogP contribution < -0.4 is 9.64 Å². The largest absolute Gasteiger partial charge is 0.493 e. The fourth-order valence-electron chi connectivity index (χ4n) is 5.85. The molecule has 0 aliphatic carbocycles. The van der Waals surface area contributed by atoms with Gasteiger partial charge in [-0.3, -0.25) is 4.79 Å². The van der Waals surface area contributed by atoms with E-state index in [1.807, 2.05) is 61.5 Å². The van der Waals surface area contributed by atoms with Crippen LogP contribution in [0, 0.1) is 5.92 Å². The summed E-state index contributed by atoms with van der Waals surface area (Å²) >= 11 is 6.05. The van der Waals surface area contributed by atoms with Gasteiger partial charge in [-0.1, -0.05) is 60.1 Å². The molecule has 0 N–H and O–H groups in total. The molecule has 3 heterocycles. The van der Waals surface area contributed by atoms with E-state index in [9.17, 15) is 9.59 Å². The summed E-state index contributed by atoms with van der Waals surface area (Å²) in [6, 6.07) is 24.1. The minimum atomic E-state index is -1.03. The summed E-state index contributed by atoms with van der Waals surface area (Å²) in [4.78, 5) is 31.0. The van der Waals surface area contributed by atoms with Crippen molar-refractivity contribution in [1.82, 2.24) is 4.90 Å². The Morgan fingerprint density at radius 3 is 2.38 bits per heavy atom. The molecule has 0 radical (unpaired) electrons. The highest BCUT2D eigenvalue weighted by atomic mass is 35.5. The molecule has 3 amide bonds. The second kappa shape index (κ2) is 6.84. The maximum absolute atomic E-state index is 14.0. The van der Waals surface area contributed by atoms with Crippen molar-refractivity contribution in [3.8, 4) is 5.75 Å². The van der Waals surface area contributed by atoms with Crippen molar-refractivity contribution in [2.24, 2.45) is 5.92 Å². The van der Waals surface area contributed by atoms with E-state index >= 15 is 0 Å². The first-order valence-electron chi connectivity index (χ1n) is 10.7. The zero-order chi connectivity index (χ0) is 22.0. The number of anilines is 1. The lowest BCUT2D eigenvalue weighted by atomic mass is 9.73. The van der Waals surface area contributed by atoms with Gasteiger partial charge in [0.25, 0.3) is 5.91 Å².